The fraction of sp³-hybridized carbons (Fsp3) is 0.611. The van der Waals surface area contributed by atoms with Gasteiger partial charge in [0.1, 0.15) is 13.2 Å². The highest BCUT2D eigenvalue weighted by atomic mass is 32.2. The van der Waals surface area contributed by atoms with Crippen molar-refractivity contribution in [2.75, 3.05) is 13.2 Å². The Morgan fingerprint density at radius 2 is 1.54 bits per heavy atom. The molecule has 0 heterocycles. The molecule has 0 fully saturated rings. The largest absolute Gasteiger partial charge is 0.463 e. The highest BCUT2D eigenvalue weighted by molar-refractivity contribution is 7.86. The van der Waals surface area contributed by atoms with Crippen LogP contribution in [0.2, 0.25) is 0 Å². The van der Waals surface area contributed by atoms with Crippen molar-refractivity contribution in [1.82, 2.24) is 0 Å². The molecule has 0 aromatic heterocycles. The van der Waals surface area contributed by atoms with Crippen LogP contribution in [-0.4, -0.2) is 27.6 Å². The van der Waals surface area contributed by atoms with E-state index in [0.29, 0.717) is 6.42 Å². The van der Waals surface area contributed by atoms with Crippen molar-refractivity contribution in [1.29, 1.82) is 0 Å². The molecule has 0 atom stereocenters. The van der Waals surface area contributed by atoms with Crippen LogP contribution in [0, 0.1) is 0 Å². The molecule has 0 aliphatic rings. The minimum atomic E-state index is -3.78. The molecule has 0 saturated carbocycles. The molecular formula is C18H28O5S. The summed E-state index contributed by atoms with van der Waals surface area (Å²) in [6.45, 7) is 1.96. The summed E-state index contributed by atoms with van der Waals surface area (Å²) in [5, 5.41) is 0. The smallest absolute Gasteiger partial charge is 0.305 e. The molecule has 24 heavy (non-hydrogen) atoms. The second-order valence-electron chi connectivity index (χ2n) is 5.68. The van der Waals surface area contributed by atoms with E-state index >= 15 is 0 Å². The van der Waals surface area contributed by atoms with E-state index in [2.05, 4.69) is 6.92 Å². The maximum absolute atomic E-state index is 11.8. The van der Waals surface area contributed by atoms with Gasteiger partial charge in [0.05, 0.1) is 4.90 Å². The van der Waals surface area contributed by atoms with E-state index in [4.69, 9.17) is 8.92 Å². The lowest BCUT2D eigenvalue weighted by Crippen LogP contribution is -2.14. The van der Waals surface area contributed by atoms with Gasteiger partial charge in [-0.2, -0.15) is 8.42 Å². The Morgan fingerprint density at radius 1 is 0.917 bits per heavy atom. The topological polar surface area (TPSA) is 69.7 Å². The van der Waals surface area contributed by atoms with Gasteiger partial charge < -0.3 is 4.74 Å². The van der Waals surface area contributed by atoms with Crippen LogP contribution in [0.25, 0.3) is 0 Å². The fourth-order valence-electron chi connectivity index (χ4n) is 2.25. The summed E-state index contributed by atoms with van der Waals surface area (Å²) in [4.78, 5) is 11.6. The summed E-state index contributed by atoms with van der Waals surface area (Å²) in [7, 11) is -3.78. The van der Waals surface area contributed by atoms with Crippen molar-refractivity contribution in [2.45, 2.75) is 63.2 Å². The van der Waals surface area contributed by atoms with E-state index in [1.165, 1.54) is 37.8 Å². The first-order valence-corrected chi connectivity index (χ1v) is 10.1. The summed E-state index contributed by atoms with van der Waals surface area (Å²) in [6.07, 6.45) is 8.33. The molecule has 0 amide bonds. The van der Waals surface area contributed by atoms with Crippen molar-refractivity contribution in [2.24, 2.45) is 0 Å². The predicted octanol–water partition coefficient (Wildman–Crippen LogP) is 4.08. The first-order valence-electron chi connectivity index (χ1n) is 8.66. The van der Waals surface area contributed by atoms with Gasteiger partial charge in [0, 0.05) is 6.42 Å². The quantitative estimate of drug-likeness (QED) is 0.303. The third-order valence-electron chi connectivity index (χ3n) is 3.60. The van der Waals surface area contributed by atoms with E-state index in [1.54, 1.807) is 18.2 Å². The van der Waals surface area contributed by atoms with Gasteiger partial charge in [0.15, 0.2) is 0 Å². The molecule has 0 radical (unpaired) electrons. The molecule has 0 bridgehead atoms. The first-order chi connectivity index (χ1) is 11.6. The van der Waals surface area contributed by atoms with Gasteiger partial charge in [0.25, 0.3) is 10.1 Å². The average molecular weight is 356 g/mol. The number of esters is 1. The molecule has 1 aromatic rings. The zero-order valence-corrected chi connectivity index (χ0v) is 15.2. The Balaban J connectivity index is 2.07. The number of hydrogen-bond acceptors (Lipinski definition) is 5. The van der Waals surface area contributed by atoms with E-state index in [0.717, 1.165) is 19.3 Å². The van der Waals surface area contributed by atoms with Crippen molar-refractivity contribution >= 4 is 16.1 Å². The van der Waals surface area contributed by atoms with Gasteiger partial charge in [-0.05, 0) is 18.6 Å². The summed E-state index contributed by atoms with van der Waals surface area (Å²) in [5.74, 6) is -0.302. The molecule has 0 spiro atoms. The van der Waals surface area contributed by atoms with Crippen LogP contribution in [0.5, 0.6) is 0 Å². The van der Waals surface area contributed by atoms with E-state index in [1.807, 2.05) is 0 Å². The maximum atomic E-state index is 11.8. The van der Waals surface area contributed by atoms with Crippen molar-refractivity contribution in [3.63, 3.8) is 0 Å². The van der Waals surface area contributed by atoms with Crippen molar-refractivity contribution in [3.8, 4) is 0 Å². The Bertz CT molecular complexity index is 554. The van der Waals surface area contributed by atoms with Crippen LogP contribution < -0.4 is 0 Å². The lowest BCUT2D eigenvalue weighted by molar-refractivity contribution is -0.144. The van der Waals surface area contributed by atoms with Crippen LogP contribution in [0.3, 0.4) is 0 Å². The highest BCUT2D eigenvalue weighted by Gasteiger charge is 2.14. The summed E-state index contributed by atoms with van der Waals surface area (Å²) in [5.41, 5.74) is 0. The average Bonchev–Trinajstić information content (AvgIpc) is 2.59. The van der Waals surface area contributed by atoms with Crippen LogP contribution in [-0.2, 0) is 23.8 Å². The Labute approximate surface area is 145 Å². The zero-order valence-electron chi connectivity index (χ0n) is 14.4. The number of rotatable bonds is 13. The fourth-order valence-corrected chi connectivity index (χ4v) is 3.17. The molecule has 0 aliphatic carbocycles. The molecule has 1 aromatic carbocycles. The Kier molecular flexibility index (Phi) is 10.4. The van der Waals surface area contributed by atoms with Gasteiger partial charge >= 0.3 is 5.97 Å². The number of benzene rings is 1. The van der Waals surface area contributed by atoms with Gasteiger partial charge in [-0.1, -0.05) is 63.6 Å². The molecule has 6 heteroatoms. The summed E-state index contributed by atoms with van der Waals surface area (Å²) >= 11 is 0. The van der Waals surface area contributed by atoms with Crippen LogP contribution in [0.1, 0.15) is 58.3 Å². The molecule has 0 unspecified atom stereocenters. The number of carbonyl (C=O) groups excluding carboxylic acids is 1. The molecule has 0 N–H and O–H groups in total. The highest BCUT2D eigenvalue weighted by Crippen LogP contribution is 2.11. The lowest BCUT2D eigenvalue weighted by atomic mass is 10.1. The molecule has 5 nitrogen and oxygen atoms in total. The molecule has 0 saturated heterocycles. The van der Waals surface area contributed by atoms with Crippen LogP contribution in [0.4, 0.5) is 0 Å². The predicted molar refractivity (Wildman–Crippen MR) is 93.1 cm³/mol. The minimum absolute atomic E-state index is 0.0542. The monoisotopic (exact) mass is 356 g/mol. The Morgan fingerprint density at radius 3 is 2.21 bits per heavy atom. The lowest BCUT2D eigenvalue weighted by Gasteiger charge is -2.07. The second-order valence-corrected chi connectivity index (χ2v) is 7.30. The van der Waals surface area contributed by atoms with Crippen molar-refractivity contribution in [3.05, 3.63) is 30.3 Å². The van der Waals surface area contributed by atoms with Crippen LogP contribution in [0.15, 0.2) is 35.2 Å². The van der Waals surface area contributed by atoms with Crippen LogP contribution >= 0.6 is 0 Å². The number of carbonyl (C=O) groups is 1. The van der Waals surface area contributed by atoms with Gasteiger partial charge in [-0.25, -0.2) is 0 Å². The normalized spacial score (nSPS) is 11.4. The number of unbranched alkanes of at least 4 members (excludes halogenated alkanes) is 6. The van der Waals surface area contributed by atoms with E-state index < -0.39 is 10.1 Å². The van der Waals surface area contributed by atoms with E-state index in [9.17, 15) is 13.2 Å². The second kappa shape index (κ2) is 12.0. The third kappa shape index (κ3) is 9.03. The summed E-state index contributed by atoms with van der Waals surface area (Å²) < 4.78 is 33.5. The standard InChI is InChI=1S/C18H28O5S/c1-2-3-4-5-6-7-11-14-18(19)22-15-16-23-24(20,21)17-12-9-8-10-13-17/h8-10,12-13H,2-7,11,14-16H2,1H3. The Hall–Kier alpha value is -1.40. The zero-order chi connectivity index (χ0) is 17.7. The number of ether oxygens (including phenoxy) is 1. The van der Waals surface area contributed by atoms with Gasteiger partial charge in [-0.3, -0.25) is 8.98 Å². The van der Waals surface area contributed by atoms with Gasteiger partial charge in [0.2, 0.25) is 0 Å². The van der Waals surface area contributed by atoms with Gasteiger partial charge in [-0.15, -0.1) is 0 Å². The first kappa shape index (κ1) is 20.6. The minimum Gasteiger partial charge on any atom is -0.463 e. The molecule has 1 rings (SSSR count). The number of hydrogen-bond donors (Lipinski definition) is 0. The maximum Gasteiger partial charge on any atom is 0.305 e. The molecule has 0 aliphatic heterocycles. The van der Waals surface area contributed by atoms with E-state index in [-0.39, 0.29) is 24.1 Å². The summed E-state index contributed by atoms with van der Waals surface area (Å²) in [6, 6.07) is 7.89. The molecular weight excluding hydrogens is 328 g/mol. The van der Waals surface area contributed by atoms with Crippen molar-refractivity contribution < 1.29 is 22.1 Å². The molecule has 136 valence electrons. The third-order valence-corrected chi connectivity index (χ3v) is 4.93. The SMILES string of the molecule is CCCCCCCCCC(=O)OCCOS(=O)(=O)c1ccccc1.